The highest BCUT2D eigenvalue weighted by Crippen LogP contribution is 2.16. The van der Waals surface area contributed by atoms with Gasteiger partial charge in [0.15, 0.2) is 0 Å². The number of nitrogens with zero attached hydrogens (tertiary/aromatic N) is 2. The number of benzene rings is 1. The van der Waals surface area contributed by atoms with Crippen LogP contribution in [0.3, 0.4) is 0 Å². The lowest BCUT2D eigenvalue weighted by Crippen LogP contribution is -2.40. The summed E-state index contributed by atoms with van der Waals surface area (Å²) in [4.78, 5) is 28.4. The summed E-state index contributed by atoms with van der Waals surface area (Å²) in [6.07, 6.45) is 3.84. The summed E-state index contributed by atoms with van der Waals surface area (Å²) >= 11 is 0. The SMILES string of the molecule is CCCCN(CCCC)C(=O)C(=O)Nc1ccc(N(C)CC)cc1. The smallest absolute Gasteiger partial charge is 0.313 e. The largest absolute Gasteiger partial charge is 0.375 e. The van der Waals surface area contributed by atoms with Crippen LogP contribution in [0.1, 0.15) is 46.5 Å². The van der Waals surface area contributed by atoms with Crippen molar-refractivity contribution >= 4 is 23.2 Å². The number of nitrogens with one attached hydrogen (secondary N) is 1. The van der Waals surface area contributed by atoms with Crippen LogP contribution in [-0.2, 0) is 9.59 Å². The molecule has 24 heavy (non-hydrogen) atoms. The van der Waals surface area contributed by atoms with Gasteiger partial charge in [0.25, 0.3) is 0 Å². The number of rotatable bonds is 9. The highest BCUT2D eigenvalue weighted by atomic mass is 16.2. The molecule has 0 atom stereocenters. The van der Waals surface area contributed by atoms with Crippen LogP contribution in [0.2, 0.25) is 0 Å². The van der Waals surface area contributed by atoms with Crippen molar-refractivity contribution in [1.82, 2.24) is 4.90 Å². The van der Waals surface area contributed by atoms with Crippen molar-refractivity contribution in [1.29, 1.82) is 0 Å². The van der Waals surface area contributed by atoms with Crippen molar-refractivity contribution in [3.63, 3.8) is 0 Å². The van der Waals surface area contributed by atoms with Gasteiger partial charge in [0.2, 0.25) is 0 Å². The lowest BCUT2D eigenvalue weighted by Gasteiger charge is -2.22. The predicted octanol–water partition coefficient (Wildman–Crippen LogP) is 3.51. The quantitative estimate of drug-likeness (QED) is 0.704. The van der Waals surface area contributed by atoms with E-state index in [1.54, 1.807) is 4.90 Å². The molecule has 134 valence electrons. The minimum absolute atomic E-state index is 0.438. The third-order valence-corrected chi connectivity index (χ3v) is 4.08. The van der Waals surface area contributed by atoms with Crippen molar-refractivity contribution in [2.75, 3.05) is 36.9 Å². The molecule has 0 radical (unpaired) electrons. The third kappa shape index (κ3) is 6.22. The molecule has 1 N–H and O–H groups in total. The summed E-state index contributed by atoms with van der Waals surface area (Å²) in [5.74, 6) is -0.995. The molecule has 5 nitrogen and oxygen atoms in total. The first-order valence-electron chi connectivity index (χ1n) is 8.94. The molecule has 0 saturated carbocycles. The van der Waals surface area contributed by atoms with Crippen molar-refractivity contribution in [2.45, 2.75) is 46.5 Å². The van der Waals surface area contributed by atoms with Crippen LogP contribution in [-0.4, -0.2) is 43.4 Å². The summed E-state index contributed by atoms with van der Waals surface area (Å²) in [7, 11) is 2.01. The molecule has 5 heteroatoms. The zero-order valence-corrected chi connectivity index (χ0v) is 15.5. The number of amides is 2. The zero-order chi connectivity index (χ0) is 17.9. The van der Waals surface area contributed by atoms with Gasteiger partial charge in [-0.05, 0) is 44.0 Å². The molecule has 0 aromatic heterocycles. The van der Waals surface area contributed by atoms with Gasteiger partial charge in [0.05, 0.1) is 0 Å². The molecule has 0 aliphatic heterocycles. The maximum atomic E-state index is 12.4. The van der Waals surface area contributed by atoms with E-state index in [9.17, 15) is 9.59 Å². The lowest BCUT2D eigenvalue weighted by molar-refractivity contribution is -0.143. The molecule has 0 unspecified atom stereocenters. The van der Waals surface area contributed by atoms with Crippen LogP contribution >= 0.6 is 0 Å². The molecule has 2 amide bonds. The number of carbonyl (C=O) groups is 2. The number of anilines is 2. The first-order valence-corrected chi connectivity index (χ1v) is 8.94. The maximum absolute atomic E-state index is 12.4. The molecule has 1 aromatic carbocycles. The van der Waals surface area contributed by atoms with Gasteiger partial charge in [-0.3, -0.25) is 9.59 Å². The average Bonchev–Trinajstić information content (AvgIpc) is 2.61. The van der Waals surface area contributed by atoms with Gasteiger partial charge in [-0.15, -0.1) is 0 Å². The Morgan fingerprint density at radius 1 is 0.958 bits per heavy atom. The summed E-state index contributed by atoms with van der Waals surface area (Å²) in [5.41, 5.74) is 1.72. The van der Waals surface area contributed by atoms with Crippen molar-refractivity contribution < 1.29 is 9.59 Å². The van der Waals surface area contributed by atoms with E-state index >= 15 is 0 Å². The number of carbonyl (C=O) groups excluding carboxylic acids is 2. The van der Waals surface area contributed by atoms with Crippen LogP contribution in [0, 0.1) is 0 Å². The van der Waals surface area contributed by atoms with Gasteiger partial charge in [0, 0.05) is 38.1 Å². The van der Waals surface area contributed by atoms with E-state index in [1.807, 2.05) is 31.3 Å². The standard InChI is InChI=1S/C19H31N3O2/c1-5-8-14-22(15-9-6-2)19(24)18(23)20-16-10-12-17(13-11-16)21(4)7-3/h10-13H,5-9,14-15H2,1-4H3,(H,20,23). The number of hydrogen-bond acceptors (Lipinski definition) is 3. The van der Waals surface area contributed by atoms with Crippen LogP contribution < -0.4 is 10.2 Å². The molecule has 0 bridgehead atoms. The molecular formula is C19H31N3O2. The van der Waals surface area contributed by atoms with Gasteiger partial charge in [-0.2, -0.15) is 0 Å². The van der Waals surface area contributed by atoms with E-state index < -0.39 is 11.8 Å². The molecule has 1 aromatic rings. The molecule has 0 saturated heterocycles. The molecule has 0 aliphatic carbocycles. The molecule has 0 heterocycles. The Balaban J connectivity index is 2.67. The topological polar surface area (TPSA) is 52.7 Å². The summed E-state index contributed by atoms with van der Waals surface area (Å²) in [6.45, 7) is 8.43. The maximum Gasteiger partial charge on any atom is 0.313 e. The average molecular weight is 333 g/mol. The van der Waals surface area contributed by atoms with Gasteiger partial charge < -0.3 is 15.1 Å². The fourth-order valence-electron chi connectivity index (χ4n) is 2.32. The van der Waals surface area contributed by atoms with Gasteiger partial charge in [-0.1, -0.05) is 26.7 Å². The Hall–Kier alpha value is -2.04. The fourth-order valence-corrected chi connectivity index (χ4v) is 2.32. The fraction of sp³-hybridized carbons (Fsp3) is 0.579. The first kappa shape index (κ1) is 20.0. The van der Waals surface area contributed by atoms with Crippen molar-refractivity contribution in [3.8, 4) is 0 Å². The highest BCUT2D eigenvalue weighted by Gasteiger charge is 2.21. The number of hydrogen-bond donors (Lipinski definition) is 1. The Morgan fingerprint density at radius 3 is 1.96 bits per heavy atom. The summed E-state index contributed by atoms with van der Waals surface area (Å²) in [5, 5.41) is 2.71. The third-order valence-electron chi connectivity index (χ3n) is 4.08. The van der Waals surface area contributed by atoms with Gasteiger partial charge in [0.1, 0.15) is 0 Å². The minimum Gasteiger partial charge on any atom is -0.375 e. The number of unbranched alkanes of at least 4 members (excludes halogenated alkanes) is 2. The molecule has 0 spiro atoms. The second kappa shape index (κ2) is 10.7. The van der Waals surface area contributed by atoms with Crippen LogP contribution in [0.15, 0.2) is 24.3 Å². The van der Waals surface area contributed by atoms with Crippen LogP contribution in [0.5, 0.6) is 0 Å². The predicted molar refractivity (Wildman–Crippen MR) is 100 cm³/mol. The van der Waals surface area contributed by atoms with E-state index in [1.165, 1.54) is 0 Å². The Labute approximate surface area is 146 Å². The molecule has 0 aliphatic rings. The first-order chi connectivity index (χ1) is 11.5. The van der Waals surface area contributed by atoms with Crippen molar-refractivity contribution in [2.24, 2.45) is 0 Å². The molecular weight excluding hydrogens is 302 g/mol. The van der Waals surface area contributed by atoms with Crippen LogP contribution in [0.4, 0.5) is 11.4 Å². The van der Waals surface area contributed by atoms with E-state index in [0.29, 0.717) is 18.8 Å². The van der Waals surface area contributed by atoms with E-state index in [0.717, 1.165) is 37.9 Å². The molecule has 1 rings (SSSR count). The monoisotopic (exact) mass is 333 g/mol. The van der Waals surface area contributed by atoms with Gasteiger partial charge >= 0.3 is 11.8 Å². The highest BCUT2D eigenvalue weighted by molar-refractivity contribution is 6.39. The second-order valence-electron chi connectivity index (χ2n) is 6.01. The van der Waals surface area contributed by atoms with E-state index in [-0.39, 0.29) is 0 Å². The van der Waals surface area contributed by atoms with Crippen molar-refractivity contribution in [3.05, 3.63) is 24.3 Å². The van der Waals surface area contributed by atoms with E-state index in [2.05, 4.69) is 31.0 Å². The normalized spacial score (nSPS) is 10.3. The second-order valence-corrected chi connectivity index (χ2v) is 6.01. The Morgan fingerprint density at radius 2 is 1.50 bits per heavy atom. The summed E-state index contributed by atoms with van der Waals surface area (Å²) in [6, 6.07) is 7.54. The minimum atomic E-state index is -0.557. The lowest BCUT2D eigenvalue weighted by atomic mass is 10.2. The summed E-state index contributed by atoms with van der Waals surface area (Å²) < 4.78 is 0. The Kier molecular flexibility index (Phi) is 8.90. The molecule has 0 fully saturated rings. The Bertz CT molecular complexity index is 506. The van der Waals surface area contributed by atoms with Crippen LogP contribution in [0.25, 0.3) is 0 Å². The van der Waals surface area contributed by atoms with Gasteiger partial charge in [-0.25, -0.2) is 0 Å². The zero-order valence-electron chi connectivity index (χ0n) is 15.5. The van der Waals surface area contributed by atoms with E-state index in [4.69, 9.17) is 0 Å².